The number of nitrogens with one attached hydrogen (secondary N) is 1. The molecule has 24 heavy (non-hydrogen) atoms. The van der Waals surface area contributed by atoms with Crippen LogP contribution in [0, 0.1) is 0 Å². The van der Waals surface area contributed by atoms with E-state index in [-0.39, 0.29) is 30.9 Å². The Morgan fingerprint density at radius 1 is 1.17 bits per heavy atom. The molecule has 3 aliphatic rings. The summed E-state index contributed by atoms with van der Waals surface area (Å²) in [6, 6.07) is -0.314. The van der Waals surface area contributed by atoms with E-state index in [0.717, 1.165) is 44.9 Å². The molecular formula is C15H22ClN5O3. The summed E-state index contributed by atoms with van der Waals surface area (Å²) in [6.45, 7) is 0.256. The lowest BCUT2D eigenvalue weighted by atomic mass is 9.77. The Bertz CT molecular complexity index is 651. The number of aromatic nitrogens is 2. The van der Waals surface area contributed by atoms with Crippen LogP contribution in [-0.4, -0.2) is 39.1 Å². The molecule has 132 valence electrons. The number of hydrogen-bond donors (Lipinski definition) is 2. The number of halogens is 1. The van der Waals surface area contributed by atoms with Crippen LogP contribution in [0.3, 0.4) is 0 Å². The van der Waals surface area contributed by atoms with Gasteiger partial charge in [-0.3, -0.25) is 9.69 Å². The summed E-state index contributed by atoms with van der Waals surface area (Å²) in [6.07, 6.45) is 6.58. The Morgan fingerprint density at radius 3 is 2.50 bits per heavy atom. The van der Waals surface area contributed by atoms with Gasteiger partial charge in [-0.25, -0.2) is 4.79 Å². The molecule has 1 aromatic rings. The van der Waals surface area contributed by atoms with Crippen LogP contribution in [-0.2, 0) is 16.8 Å². The van der Waals surface area contributed by atoms with Crippen molar-refractivity contribution in [3.05, 3.63) is 11.7 Å². The van der Waals surface area contributed by atoms with Crippen LogP contribution < -0.4 is 11.1 Å². The van der Waals surface area contributed by atoms with Gasteiger partial charge in [-0.05, 0) is 32.1 Å². The van der Waals surface area contributed by atoms with Gasteiger partial charge in [0.25, 0.3) is 5.91 Å². The van der Waals surface area contributed by atoms with Crippen LogP contribution in [0.4, 0.5) is 4.79 Å². The lowest BCUT2D eigenvalue weighted by Crippen LogP contribution is -2.44. The zero-order chi connectivity index (χ0) is 16.1. The van der Waals surface area contributed by atoms with Gasteiger partial charge in [0.05, 0.1) is 5.54 Å². The normalized spacial score (nSPS) is 24.0. The molecule has 9 heteroatoms. The summed E-state index contributed by atoms with van der Waals surface area (Å²) in [5, 5.41) is 6.81. The Balaban J connectivity index is 0.00000169. The highest BCUT2D eigenvalue weighted by atomic mass is 35.5. The van der Waals surface area contributed by atoms with Gasteiger partial charge < -0.3 is 15.6 Å². The second-order valence-electron chi connectivity index (χ2n) is 6.95. The van der Waals surface area contributed by atoms with Crippen LogP contribution in [0.2, 0.25) is 0 Å². The second kappa shape index (κ2) is 6.00. The van der Waals surface area contributed by atoms with E-state index in [9.17, 15) is 9.59 Å². The van der Waals surface area contributed by atoms with E-state index in [1.54, 1.807) is 0 Å². The van der Waals surface area contributed by atoms with E-state index in [2.05, 4.69) is 15.5 Å². The number of nitrogens with zero attached hydrogens (tertiary/aromatic N) is 3. The molecule has 8 nitrogen and oxygen atoms in total. The van der Waals surface area contributed by atoms with Crippen LogP contribution in [0.25, 0.3) is 0 Å². The highest BCUT2D eigenvalue weighted by Gasteiger charge is 2.52. The summed E-state index contributed by atoms with van der Waals surface area (Å²) in [5.74, 6) is 0.835. The largest absolute Gasteiger partial charge is 0.339 e. The number of hydrogen-bond acceptors (Lipinski definition) is 6. The molecule has 0 atom stereocenters. The predicted octanol–water partition coefficient (Wildman–Crippen LogP) is 1.24. The lowest BCUT2D eigenvalue weighted by Gasteiger charge is -2.34. The van der Waals surface area contributed by atoms with Crippen molar-refractivity contribution in [2.24, 2.45) is 5.73 Å². The molecule has 0 aromatic carbocycles. The third-order valence-electron chi connectivity index (χ3n) is 5.41. The number of urea groups is 1. The molecule has 0 unspecified atom stereocenters. The molecule has 3 fully saturated rings. The standard InChI is InChI=1S/C15H21N5O3.ClH/c16-14(5-3-6-14)11-17-10(23-19-11)4-9-20-12(21)15(18-13(20)22)7-1-2-8-15;/h1-9,16H2,(H,18,22);1H. The molecule has 2 saturated carbocycles. The first-order valence-electron chi connectivity index (χ1n) is 8.29. The highest BCUT2D eigenvalue weighted by Crippen LogP contribution is 2.37. The zero-order valence-corrected chi connectivity index (χ0v) is 14.2. The summed E-state index contributed by atoms with van der Waals surface area (Å²) < 4.78 is 5.22. The Hall–Kier alpha value is -1.67. The van der Waals surface area contributed by atoms with Gasteiger partial charge in [0.15, 0.2) is 5.82 Å². The van der Waals surface area contributed by atoms with E-state index >= 15 is 0 Å². The minimum atomic E-state index is -0.662. The lowest BCUT2D eigenvalue weighted by molar-refractivity contribution is -0.131. The molecular weight excluding hydrogens is 334 g/mol. The number of carbonyl (C=O) groups excluding carboxylic acids is 2. The molecule has 1 saturated heterocycles. The first-order valence-corrected chi connectivity index (χ1v) is 8.29. The molecule has 0 bridgehead atoms. The van der Waals surface area contributed by atoms with Gasteiger partial charge in [0.1, 0.15) is 5.54 Å². The third-order valence-corrected chi connectivity index (χ3v) is 5.41. The summed E-state index contributed by atoms with van der Waals surface area (Å²) in [7, 11) is 0. The topological polar surface area (TPSA) is 114 Å². The Kier molecular flexibility index (Phi) is 4.29. The van der Waals surface area contributed by atoms with Crippen molar-refractivity contribution in [1.82, 2.24) is 20.4 Å². The quantitative estimate of drug-likeness (QED) is 0.785. The molecule has 1 spiro atoms. The zero-order valence-electron chi connectivity index (χ0n) is 13.4. The highest BCUT2D eigenvalue weighted by molar-refractivity contribution is 6.07. The molecule has 1 aliphatic heterocycles. The predicted molar refractivity (Wildman–Crippen MR) is 86.4 cm³/mol. The summed E-state index contributed by atoms with van der Waals surface area (Å²) in [4.78, 5) is 30.2. The van der Waals surface area contributed by atoms with Crippen molar-refractivity contribution < 1.29 is 14.1 Å². The average Bonchev–Trinajstić information content (AvgIpc) is 3.19. The first-order chi connectivity index (χ1) is 11.0. The summed E-state index contributed by atoms with van der Waals surface area (Å²) >= 11 is 0. The minimum Gasteiger partial charge on any atom is -0.339 e. The Morgan fingerprint density at radius 2 is 1.88 bits per heavy atom. The van der Waals surface area contributed by atoms with E-state index in [1.807, 2.05) is 0 Å². The number of nitrogens with two attached hydrogens (primary N) is 1. The van der Waals surface area contributed by atoms with Crippen molar-refractivity contribution in [2.75, 3.05) is 6.54 Å². The molecule has 0 radical (unpaired) electrons. The van der Waals surface area contributed by atoms with Crippen LogP contribution in [0.15, 0.2) is 4.52 Å². The third kappa shape index (κ3) is 2.57. The van der Waals surface area contributed by atoms with Crippen molar-refractivity contribution in [3.63, 3.8) is 0 Å². The van der Waals surface area contributed by atoms with E-state index < -0.39 is 11.1 Å². The van der Waals surface area contributed by atoms with E-state index in [0.29, 0.717) is 18.1 Å². The molecule has 1 aromatic heterocycles. The van der Waals surface area contributed by atoms with E-state index in [1.165, 1.54) is 4.90 Å². The van der Waals surface area contributed by atoms with Crippen LogP contribution >= 0.6 is 12.4 Å². The fourth-order valence-corrected chi connectivity index (χ4v) is 3.74. The number of rotatable bonds is 4. The van der Waals surface area contributed by atoms with Gasteiger partial charge >= 0.3 is 6.03 Å². The monoisotopic (exact) mass is 355 g/mol. The fraction of sp³-hybridized carbons (Fsp3) is 0.733. The van der Waals surface area contributed by atoms with Gasteiger partial charge in [-0.15, -0.1) is 12.4 Å². The molecule has 3 N–H and O–H groups in total. The fourth-order valence-electron chi connectivity index (χ4n) is 3.74. The molecule has 3 amide bonds. The van der Waals surface area contributed by atoms with E-state index in [4.69, 9.17) is 10.3 Å². The van der Waals surface area contributed by atoms with Crippen LogP contribution in [0.1, 0.15) is 56.7 Å². The van der Waals surface area contributed by atoms with Crippen molar-refractivity contribution >= 4 is 24.3 Å². The number of amides is 3. The average molecular weight is 356 g/mol. The minimum absolute atomic E-state index is 0. The molecule has 4 rings (SSSR count). The number of imide groups is 1. The van der Waals surface area contributed by atoms with Crippen molar-refractivity contribution in [2.45, 2.75) is 62.4 Å². The van der Waals surface area contributed by atoms with Gasteiger partial charge in [0, 0.05) is 13.0 Å². The maximum Gasteiger partial charge on any atom is 0.325 e. The molecule has 2 heterocycles. The van der Waals surface area contributed by atoms with Gasteiger partial charge in [-0.1, -0.05) is 18.0 Å². The number of carbonyl (C=O) groups is 2. The Labute approximate surface area is 145 Å². The maximum atomic E-state index is 12.5. The maximum absolute atomic E-state index is 12.5. The smallest absolute Gasteiger partial charge is 0.325 e. The van der Waals surface area contributed by atoms with Crippen LogP contribution in [0.5, 0.6) is 0 Å². The van der Waals surface area contributed by atoms with Crippen molar-refractivity contribution in [1.29, 1.82) is 0 Å². The summed E-state index contributed by atoms with van der Waals surface area (Å²) in [5.41, 5.74) is 5.04. The molecule has 2 aliphatic carbocycles. The second-order valence-corrected chi connectivity index (χ2v) is 6.95. The first kappa shape index (κ1) is 17.2. The van der Waals surface area contributed by atoms with Crippen molar-refractivity contribution in [3.8, 4) is 0 Å². The SMILES string of the molecule is Cl.NC1(c2noc(CCN3C(=O)NC4(CCCC4)C3=O)n2)CCC1. The van der Waals surface area contributed by atoms with Gasteiger partial charge in [-0.2, -0.15) is 4.98 Å². The van der Waals surface area contributed by atoms with Gasteiger partial charge in [0.2, 0.25) is 5.89 Å².